The fraction of sp³-hybridized carbons (Fsp3) is 0.167. The van der Waals surface area contributed by atoms with Crippen molar-refractivity contribution in [2.24, 2.45) is 0 Å². The molecule has 1 aromatic carbocycles. The van der Waals surface area contributed by atoms with Gasteiger partial charge in [0, 0.05) is 12.7 Å². The van der Waals surface area contributed by atoms with Crippen LogP contribution in [0.3, 0.4) is 0 Å². The van der Waals surface area contributed by atoms with E-state index in [9.17, 15) is 0 Å². The second-order valence-electron chi connectivity index (χ2n) is 5.53. The van der Waals surface area contributed by atoms with E-state index in [1.807, 2.05) is 43.3 Å². The first kappa shape index (κ1) is 16.5. The number of ether oxygens (including phenoxy) is 1. The summed E-state index contributed by atoms with van der Waals surface area (Å²) in [6.45, 7) is 2.59. The highest BCUT2D eigenvalue weighted by molar-refractivity contribution is 5.76. The zero-order valence-corrected chi connectivity index (χ0v) is 14.2. The summed E-state index contributed by atoms with van der Waals surface area (Å²) >= 11 is 0. The number of hydrogen-bond acceptors (Lipinski definition) is 7. The lowest BCUT2D eigenvalue weighted by atomic mass is 10.2. The van der Waals surface area contributed by atoms with Gasteiger partial charge in [-0.15, -0.1) is 0 Å². The first-order valence-electron chi connectivity index (χ1n) is 7.82. The van der Waals surface area contributed by atoms with Gasteiger partial charge >= 0.3 is 0 Å². The van der Waals surface area contributed by atoms with Gasteiger partial charge in [-0.05, 0) is 42.3 Å². The van der Waals surface area contributed by atoms with Crippen LogP contribution in [0.2, 0.25) is 0 Å². The van der Waals surface area contributed by atoms with Crippen LogP contribution in [0.1, 0.15) is 11.1 Å². The maximum Gasteiger partial charge on any atom is 0.160 e. The molecule has 128 valence electrons. The van der Waals surface area contributed by atoms with Gasteiger partial charge in [0.25, 0.3) is 0 Å². The van der Waals surface area contributed by atoms with Crippen LogP contribution < -0.4 is 21.1 Å². The van der Waals surface area contributed by atoms with Gasteiger partial charge in [0.05, 0.1) is 7.11 Å². The van der Waals surface area contributed by atoms with Gasteiger partial charge in [0.2, 0.25) is 0 Å². The first-order valence-corrected chi connectivity index (χ1v) is 7.82. The average molecular weight is 336 g/mol. The largest absolute Gasteiger partial charge is 0.497 e. The van der Waals surface area contributed by atoms with Gasteiger partial charge in [-0.3, -0.25) is 0 Å². The molecule has 0 radical (unpaired) electrons. The molecule has 0 aliphatic rings. The SMILES string of the molecule is COc1ccc(CNc2ncnc(Nc3cc(C)ccn3)c2N)cc1. The van der Waals surface area contributed by atoms with E-state index in [4.69, 9.17) is 10.5 Å². The lowest BCUT2D eigenvalue weighted by Gasteiger charge is -2.12. The number of nitrogens with zero attached hydrogens (tertiary/aromatic N) is 3. The fourth-order valence-corrected chi connectivity index (χ4v) is 2.29. The molecule has 0 saturated carbocycles. The van der Waals surface area contributed by atoms with Crippen molar-refractivity contribution < 1.29 is 4.74 Å². The topological polar surface area (TPSA) is 98.0 Å². The van der Waals surface area contributed by atoms with Gasteiger partial charge in [0.1, 0.15) is 23.6 Å². The molecule has 0 spiro atoms. The van der Waals surface area contributed by atoms with Crippen molar-refractivity contribution >= 4 is 23.1 Å². The summed E-state index contributed by atoms with van der Waals surface area (Å²) in [5.41, 5.74) is 8.82. The van der Waals surface area contributed by atoms with E-state index in [1.165, 1.54) is 6.33 Å². The summed E-state index contributed by atoms with van der Waals surface area (Å²) in [5, 5.41) is 6.35. The van der Waals surface area contributed by atoms with Crippen LogP contribution in [0.4, 0.5) is 23.1 Å². The second-order valence-corrected chi connectivity index (χ2v) is 5.53. The van der Waals surface area contributed by atoms with Crippen molar-refractivity contribution in [3.05, 3.63) is 60.0 Å². The quantitative estimate of drug-likeness (QED) is 0.636. The molecule has 2 heterocycles. The molecule has 0 saturated heterocycles. The minimum absolute atomic E-state index is 0.444. The molecule has 25 heavy (non-hydrogen) atoms. The van der Waals surface area contributed by atoms with Gasteiger partial charge in [-0.2, -0.15) is 0 Å². The predicted octanol–water partition coefficient (Wildman–Crippen LogP) is 3.13. The smallest absolute Gasteiger partial charge is 0.160 e. The number of rotatable bonds is 6. The third-order valence-corrected chi connectivity index (χ3v) is 3.66. The van der Waals surface area contributed by atoms with E-state index < -0.39 is 0 Å². The van der Waals surface area contributed by atoms with E-state index >= 15 is 0 Å². The van der Waals surface area contributed by atoms with E-state index in [0.29, 0.717) is 29.7 Å². The maximum absolute atomic E-state index is 6.18. The van der Waals surface area contributed by atoms with Crippen LogP contribution in [0.15, 0.2) is 48.9 Å². The maximum atomic E-state index is 6.18. The molecule has 0 fully saturated rings. The minimum Gasteiger partial charge on any atom is -0.497 e. The van der Waals surface area contributed by atoms with Gasteiger partial charge < -0.3 is 21.1 Å². The van der Waals surface area contributed by atoms with Crippen molar-refractivity contribution in [1.29, 1.82) is 0 Å². The molecule has 3 aromatic rings. The van der Waals surface area contributed by atoms with Gasteiger partial charge in [0.15, 0.2) is 11.6 Å². The summed E-state index contributed by atoms with van der Waals surface area (Å²) in [4.78, 5) is 12.7. The number of hydrogen-bond donors (Lipinski definition) is 3. The Balaban J connectivity index is 1.71. The number of nitrogen functional groups attached to an aromatic ring is 1. The summed E-state index contributed by atoms with van der Waals surface area (Å²) in [7, 11) is 1.65. The van der Waals surface area contributed by atoms with E-state index in [0.717, 1.165) is 16.9 Å². The molecule has 4 N–H and O–H groups in total. The molecule has 7 nitrogen and oxygen atoms in total. The molecule has 3 rings (SSSR count). The molecule has 0 aliphatic carbocycles. The van der Waals surface area contributed by atoms with E-state index in [2.05, 4.69) is 25.6 Å². The van der Waals surface area contributed by atoms with Crippen molar-refractivity contribution in [3.8, 4) is 5.75 Å². The lowest BCUT2D eigenvalue weighted by molar-refractivity contribution is 0.414. The highest BCUT2D eigenvalue weighted by atomic mass is 16.5. The van der Waals surface area contributed by atoms with Crippen LogP contribution in [0.25, 0.3) is 0 Å². The molecular weight excluding hydrogens is 316 g/mol. The van der Waals surface area contributed by atoms with Gasteiger partial charge in [-0.25, -0.2) is 15.0 Å². The molecule has 0 atom stereocenters. The zero-order valence-electron chi connectivity index (χ0n) is 14.2. The zero-order chi connectivity index (χ0) is 17.6. The Morgan fingerprint density at radius 2 is 1.80 bits per heavy atom. The minimum atomic E-state index is 0.444. The summed E-state index contributed by atoms with van der Waals surface area (Å²) < 4.78 is 5.16. The van der Waals surface area contributed by atoms with Crippen LogP contribution in [0.5, 0.6) is 5.75 Å². The third kappa shape index (κ3) is 4.14. The molecular formula is C18H20N6O. The van der Waals surface area contributed by atoms with Crippen molar-refractivity contribution in [2.75, 3.05) is 23.5 Å². The van der Waals surface area contributed by atoms with Crippen LogP contribution in [-0.4, -0.2) is 22.1 Å². The molecule has 0 unspecified atom stereocenters. The number of aryl methyl sites for hydroxylation is 1. The number of methoxy groups -OCH3 is 1. The second kappa shape index (κ2) is 7.48. The number of nitrogens with one attached hydrogen (secondary N) is 2. The number of pyridine rings is 1. The monoisotopic (exact) mass is 336 g/mol. The lowest BCUT2D eigenvalue weighted by Crippen LogP contribution is -2.08. The third-order valence-electron chi connectivity index (χ3n) is 3.66. The highest BCUT2D eigenvalue weighted by Gasteiger charge is 2.09. The molecule has 0 amide bonds. The molecule has 0 aliphatic heterocycles. The Kier molecular flexibility index (Phi) is 4.94. The Labute approximate surface area is 146 Å². The summed E-state index contributed by atoms with van der Waals surface area (Å²) in [5.74, 6) is 2.60. The molecule has 2 aromatic heterocycles. The highest BCUT2D eigenvalue weighted by Crippen LogP contribution is 2.25. The Bertz CT molecular complexity index is 850. The summed E-state index contributed by atoms with van der Waals surface area (Å²) in [6, 6.07) is 11.6. The Hall–Kier alpha value is -3.35. The Morgan fingerprint density at radius 3 is 2.52 bits per heavy atom. The summed E-state index contributed by atoms with van der Waals surface area (Å²) in [6.07, 6.45) is 3.20. The van der Waals surface area contributed by atoms with E-state index in [-0.39, 0.29) is 0 Å². The first-order chi connectivity index (χ1) is 12.2. The number of benzene rings is 1. The van der Waals surface area contributed by atoms with Crippen molar-refractivity contribution in [1.82, 2.24) is 15.0 Å². The standard InChI is InChI=1S/C18H20N6O/c1-12-7-8-20-15(9-12)24-18-16(19)17(22-11-23-18)21-10-13-3-5-14(25-2)6-4-13/h3-9,11H,10,19H2,1-2H3,(H2,20,21,22,23,24). The predicted molar refractivity (Wildman–Crippen MR) is 99.0 cm³/mol. The van der Waals surface area contributed by atoms with Crippen molar-refractivity contribution in [3.63, 3.8) is 0 Å². The Morgan fingerprint density at radius 1 is 1.04 bits per heavy atom. The molecule has 7 heteroatoms. The number of anilines is 4. The molecule has 0 bridgehead atoms. The average Bonchev–Trinajstić information content (AvgIpc) is 2.63. The van der Waals surface area contributed by atoms with Gasteiger partial charge in [-0.1, -0.05) is 12.1 Å². The van der Waals surface area contributed by atoms with Crippen LogP contribution in [-0.2, 0) is 6.54 Å². The van der Waals surface area contributed by atoms with Crippen LogP contribution >= 0.6 is 0 Å². The number of nitrogens with two attached hydrogens (primary N) is 1. The van der Waals surface area contributed by atoms with Crippen molar-refractivity contribution in [2.45, 2.75) is 13.5 Å². The van der Waals surface area contributed by atoms with E-state index in [1.54, 1.807) is 13.3 Å². The number of aromatic nitrogens is 3. The normalized spacial score (nSPS) is 10.3. The van der Waals surface area contributed by atoms with Crippen LogP contribution in [0, 0.1) is 6.92 Å². The fourth-order valence-electron chi connectivity index (χ4n) is 2.29.